The van der Waals surface area contributed by atoms with Crippen molar-refractivity contribution in [1.29, 1.82) is 0 Å². The lowest BCUT2D eigenvalue weighted by molar-refractivity contribution is 0.452. The minimum absolute atomic E-state index is 0.00633. The Hall–Kier alpha value is -0.980. The molecule has 0 radical (unpaired) electrons. The highest BCUT2D eigenvalue weighted by Gasteiger charge is 2.32. The number of hydrogen-bond acceptors (Lipinski definition) is 3. The van der Waals surface area contributed by atoms with Crippen molar-refractivity contribution in [3.63, 3.8) is 0 Å². The van der Waals surface area contributed by atoms with Crippen molar-refractivity contribution in [2.24, 2.45) is 11.7 Å². The Kier molecular flexibility index (Phi) is 4.46. The molecule has 20 heavy (non-hydrogen) atoms. The summed E-state index contributed by atoms with van der Waals surface area (Å²) >= 11 is 0. The first kappa shape index (κ1) is 15.4. The summed E-state index contributed by atoms with van der Waals surface area (Å²) in [6.45, 7) is 4.71. The standard InChI is InChI=1S/C14H21FN2O2S/c1-3-11-4-5-17(9-11)20(18,19)13-6-10(2)14(15)12(7-13)8-16/h6-7,11H,3-5,8-9,16H2,1-2H3. The van der Waals surface area contributed by atoms with Crippen LogP contribution in [-0.4, -0.2) is 25.8 Å². The lowest BCUT2D eigenvalue weighted by Gasteiger charge is -2.18. The summed E-state index contributed by atoms with van der Waals surface area (Å²) < 4.78 is 40.5. The lowest BCUT2D eigenvalue weighted by Crippen LogP contribution is -2.29. The van der Waals surface area contributed by atoms with Crippen LogP contribution in [0, 0.1) is 18.7 Å². The van der Waals surface area contributed by atoms with E-state index in [-0.39, 0.29) is 17.0 Å². The summed E-state index contributed by atoms with van der Waals surface area (Å²) in [5, 5.41) is 0. The van der Waals surface area contributed by atoms with Crippen LogP contribution in [0.3, 0.4) is 0 Å². The van der Waals surface area contributed by atoms with Crippen molar-refractivity contribution in [3.8, 4) is 0 Å². The first-order chi connectivity index (χ1) is 9.40. The Labute approximate surface area is 119 Å². The minimum Gasteiger partial charge on any atom is -0.326 e. The fraction of sp³-hybridized carbons (Fsp3) is 0.571. The van der Waals surface area contributed by atoms with E-state index in [0.29, 0.717) is 24.6 Å². The van der Waals surface area contributed by atoms with Gasteiger partial charge >= 0.3 is 0 Å². The van der Waals surface area contributed by atoms with Crippen LogP contribution < -0.4 is 5.73 Å². The highest BCUT2D eigenvalue weighted by molar-refractivity contribution is 7.89. The SMILES string of the molecule is CCC1CCN(S(=O)(=O)c2cc(C)c(F)c(CN)c2)C1. The summed E-state index contributed by atoms with van der Waals surface area (Å²) in [4.78, 5) is 0.147. The average molecular weight is 300 g/mol. The van der Waals surface area contributed by atoms with E-state index in [2.05, 4.69) is 6.92 Å². The van der Waals surface area contributed by atoms with Crippen molar-refractivity contribution in [1.82, 2.24) is 4.31 Å². The minimum atomic E-state index is -3.54. The number of sulfonamides is 1. The van der Waals surface area contributed by atoms with Gasteiger partial charge in [0.15, 0.2) is 0 Å². The number of nitrogens with zero attached hydrogens (tertiary/aromatic N) is 1. The van der Waals surface area contributed by atoms with Crippen LogP contribution in [0.5, 0.6) is 0 Å². The second-order valence-corrected chi connectivity index (χ2v) is 7.28. The molecular weight excluding hydrogens is 279 g/mol. The van der Waals surface area contributed by atoms with E-state index in [0.717, 1.165) is 12.8 Å². The summed E-state index contributed by atoms with van der Waals surface area (Å²) in [6.07, 6.45) is 1.86. The monoisotopic (exact) mass is 300 g/mol. The lowest BCUT2D eigenvalue weighted by atomic mass is 10.1. The smallest absolute Gasteiger partial charge is 0.243 e. The number of aryl methyl sites for hydroxylation is 1. The second-order valence-electron chi connectivity index (χ2n) is 5.34. The van der Waals surface area contributed by atoms with Crippen LogP contribution in [0.2, 0.25) is 0 Å². The van der Waals surface area contributed by atoms with Gasteiger partial charge < -0.3 is 5.73 Å². The van der Waals surface area contributed by atoms with Gasteiger partial charge in [0.1, 0.15) is 5.82 Å². The van der Waals surface area contributed by atoms with Gasteiger partial charge in [0.05, 0.1) is 4.90 Å². The molecule has 6 heteroatoms. The van der Waals surface area contributed by atoms with Crippen molar-refractivity contribution < 1.29 is 12.8 Å². The van der Waals surface area contributed by atoms with Gasteiger partial charge in [0.25, 0.3) is 0 Å². The first-order valence-corrected chi connectivity index (χ1v) is 8.33. The van der Waals surface area contributed by atoms with E-state index in [1.54, 1.807) is 6.92 Å². The zero-order chi connectivity index (χ0) is 14.9. The number of nitrogens with two attached hydrogens (primary N) is 1. The molecule has 0 spiro atoms. The first-order valence-electron chi connectivity index (χ1n) is 6.89. The van der Waals surface area contributed by atoms with Gasteiger partial charge in [-0.2, -0.15) is 4.31 Å². The van der Waals surface area contributed by atoms with Gasteiger partial charge in [-0.15, -0.1) is 0 Å². The van der Waals surface area contributed by atoms with Gasteiger partial charge in [-0.1, -0.05) is 13.3 Å². The zero-order valence-electron chi connectivity index (χ0n) is 11.9. The Bertz CT molecular complexity index is 601. The van der Waals surface area contributed by atoms with Crippen LogP contribution in [-0.2, 0) is 16.6 Å². The summed E-state index contributed by atoms with van der Waals surface area (Å²) in [7, 11) is -3.54. The maximum atomic E-state index is 13.8. The molecule has 0 aromatic heterocycles. The molecule has 1 aliphatic rings. The molecule has 0 bridgehead atoms. The van der Waals surface area contributed by atoms with E-state index in [1.807, 2.05) is 0 Å². The third-order valence-electron chi connectivity index (χ3n) is 3.99. The van der Waals surface area contributed by atoms with Gasteiger partial charge in [0, 0.05) is 25.2 Å². The molecule has 1 saturated heterocycles. The summed E-state index contributed by atoms with van der Waals surface area (Å²) in [6, 6.07) is 2.75. The Morgan fingerprint density at radius 1 is 1.45 bits per heavy atom. The molecule has 1 fully saturated rings. The summed E-state index contributed by atoms with van der Waals surface area (Å²) in [5.41, 5.74) is 6.04. The maximum absolute atomic E-state index is 13.8. The molecule has 1 unspecified atom stereocenters. The van der Waals surface area contributed by atoms with Gasteiger partial charge in [-0.3, -0.25) is 0 Å². The van der Waals surface area contributed by atoms with E-state index in [1.165, 1.54) is 16.4 Å². The van der Waals surface area contributed by atoms with Crippen LogP contribution in [0.25, 0.3) is 0 Å². The highest BCUT2D eigenvalue weighted by Crippen LogP contribution is 2.27. The predicted molar refractivity (Wildman–Crippen MR) is 76.2 cm³/mol. The van der Waals surface area contributed by atoms with E-state index in [9.17, 15) is 12.8 Å². The maximum Gasteiger partial charge on any atom is 0.243 e. The molecular formula is C14H21FN2O2S. The topological polar surface area (TPSA) is 63.4 Å². The normalized spacial score (nSPS) is 20.5. The second kappa shape index (κ2) is 5.79. The van der Waals surface area contributed by atoms with Gasteiger partial charge in [-0.05, 0) is 37.0 Å². The van der Waals surface area contributed by atoms with Crippen LogP contribution in [0.15, 0.2) is 17.0 Å². The number of rotatable bonds is 4. The highest BCUT2D eigenvalue weighted by atomic mass is 32.2. The molecule has 1 aliphatic heterocycles. The van der Waals surface area contributed by atoms with Crippen molar-refractivity contribution >= 4 is 10.0 Å². The number of hydrogen-bond donors (Lipinski definition) is 1. The Morgan fingerprint density at radius 2 is 2.15 bits per heavy atom. The molecule has 112 valence electrons. The molecule has 1 aromatic rings. The third kappa shape index (κ3) is 2.73. The quantitative estimate of drug-likeness (QED) is 0.925. The zero-order valence-corrected chi connectivity index (χ0v) is 12.7. The third-order valence-corrected chi connectivity index (χ3v) is 5.83. The molecule has 0 saturated carbocycles. The fourth-order valence-electron chi connectivity index (χ4n) is 2.60. The largest absolute Gasteiger partial charge is 0.326 e. The van der Waals surface area contributed by atoms with Gasteiger partial charge in [0.2, 0.25) is 10.0 Å². The van der Waals surface area contributed by atoms with Crippen LogP contribution in [0.4, 0.5) is 4.39 Å². The van der Waals surface area contributed by atoms with Crippen molar-refractivity contribution in [3.05, 3.63) is 29.1 Å². The molecule has 2 rings (SSSR count). The van der Waals surface area contributed by atoms with E-state index >= 15 is 0 Å². The summed E-state index contributed by atoms with van der Waals surface area (Å²) in [5.74, 6) is -0.000365. The van der Waals surface area contributed by atoms with E-state index in [4.69, 9.17) is 5.73 Å². The van der Waals surface area contributed by atoms with Crippen molar-refractivity contribution in [2.75, 3.05) is 13.1 Å². The van der Waals surface area contributed by atoms with Crippen LogP contribution in [0.1, 0.15) is 30.9 Å². The predicted octanol–water partition coefficient (Wildman–Crippen LogP) is 2.01. The molecule has 4 nitrogen and oxygen atoms in total. The molecule has 1 heterocycles. The number of halogens is 1. The van der Waals surface area contributed by atoms with E-state index < -0.39 is 15.8 Å². The Morgan fingerprint density at radius 3 is 2.70 bits per heavy atom. The molecule has 2 N–H and O–H groups in total. The number of benzene rings is 1. The Balaban J connectivity index is 2.38. The molecule has 1 atom stereocenters. The van der Waals surface area contributed by atoms with Gasteiger partial charge in [-0.25, -0.2) is 12.8 Å². The molecule has 0 amide bonds. The fourth-order valence-corrected chi connectivity index (χ4v) is 4.27. The van der Waals surface area contributed by atoms with Crippen molar-refractivity contribution in [2.45, 2.75) is 38.1 Å². The molecule has 1 aromatic carbocycles. The average Bonchev–Trinajstić information content (AvgIpc) is 2.91. The van der Waals surface area contributed by atoms with Crippen LogP contribution >= 0.6 is 0 Å². The molecule has 0 aliphatic carbocycles.